The van der Waals surface area contributed by atoms with Gasteiger partial charge in [0, 0.05) is 13.0 Å². The number of urea groups is 1. The Morgan fingerprint density at radius 2 is 2.07 bits per heavy atom. The largest absolute Gasteiger partial charge is 0.346 e. The predicted octanol–water partition coefficient (Wildman–Crippen LogP) is 2.58. The highest BCUT2D eigenvalue weighted by Gasteiger charge is 2.43. The second-order valence-corrected chi connectivity index (χ2v) is 8.64. The molecule has 1 atom stereocenters. The first-order chi connectivity index (χ1) is 13.8. The van der Waals surface area contributed by atoms with Crippen LogP contribution < -0.4 is 10.6 Å². The summed E-state index contributed by atoms with van der Waals surface area (Å²) in [6.07, 6.45) is 3.43. The normalized spacial score (nSPS) is 16.9. The number of fused-ring (bicyclic) bond motifs is 1. The minimum Gasteiger partial charge on any atom is -0.346 e. The number of aromatic amines is 1. The molecule has 2 aromatic rings. The molecule has 8 nitrogen and oxygen atoms in total. The first-order valence-corrected chi connectivity index (χ1v) is 11.1. The van der Waals surface area contributed by atoms with Gasteiger partial charge in [0.25, 0.3) is 5.91 Å². The van der Waals surface area contributed by atoms with E-state index in [1.165, 1.54) is 4.90 Å². The number of carbonyl (C=O) groups excluding carboxylic acids is 3. The van der Waals surface area contributed by atoms with Crippen molar-refractivity contribution in [1.82, 2.24) is 25.5 Å². The molecule has 0 unspecified atom stereocenters. The number of benzene rings is 1. The van der Waals surface area contributed by atoms with Gasteiger partial charge in [-0.3, -0.25) is 14.5 Å². The van der Waals surface area contributed by atoms with Crippen LogP contribution >= 0.6 is 11.8 Å². The molecule has 3 N–H and O–H groups in total. The van der Waals surface area contributed by atoms with Gasteiger partial charge in [0.1, 0.15) is 11.4 Å². The quantitative estimate of drug-likeness (QED) is 0.544. The van der Waals surface area contributed by atoms with E-state index in [0.717, 1.165) is 29.0 Å². The van der Waals surface area contributed by atoms with Gasteiger partial charge in [-0.1, -0.05) is 12.1 Å². The van der Waals surface area contributed by atoms with E-state index in [4.69, 9.17) is 0 Å². The highest BCUT2D eigenvalue weighted by atomic mass is 32.2. The molecule has 0 saturated carbocycles. The maximum Gasteiger partial charge on any atom is 0.325 e. The molecule has 9 heteroatoms. The van der Waals surface area contributed by atoms with Crippen LogP contribution in [0, 0.1) is 0 Å². The number of imidazole rings is 1. The zero-order valence-corrected chi connectivity index (χ0v) is 17.8. The van der Waals surface area contributed by atoms with Gasteiger partial charge < -0.3 is 15.6 Å². The van der Waals surface area contributed by atoms with Crippen LogP contribution in [0.5, 0.6) is 0 Å². The van der Waals surface area contributed by atoms with Gasteiger partial charge in [0.05, 0.1) is 17.1 Å². The summed E-state index contributed by atoms with van der Waals surface area (Å²) >= 11 is 1.71. The highest BCUT2D eigenvalue weighted by Crippen LogP contribution is 2.21. The predicted molar refractivity (Wildman–Crippen MR) is 114 cm³/mol. The van der Waals surface area contributed by atoms with E-state index in [-0.39, 0.29) is 30.8 Å². The fraction of sp³-hybridized carbons (Fsp3) is 0.500. The molecule has 0 spiro atoms. The number of H-pyrrole nitrogens is 1. The Bertz CT molecular complexity index is 877. The van der Waals surface area contributed by atoms with Crippen LogP contribution in [-0.4, -0.2) is 56.8 Å². The topological polar surface area (TPSA) is 107 Å². The maximum absolute atomic E-state index is 12.5. The van der Waals surface area contributed by atoms with Crippen molar-refractivity contribution in [2.24, 2.45) is 0 Å². The number of nitrogens with zero attached hydrogens (tertiary/aromatic N) is 2. The fourth-order valence-electron chi connectivity index (χ4n) is 3.34. The fourth-order valence-corrected chi connectivity index (χ4v) is 3.81. The Morgan fingerprint density at radius 3 is 2.72 bits per heavy atom. The summed E-state index contributed by atoms with van der Waals surface area (Å²) in [7, 11) is 0. The standard InChI is InChI=1S/C20H27N5O3S/c1-20(2)18(27)25(19(28)24-20)11-6-9-16(26)21-15(10-12-29-3)17-22-13-7-4-5-8-14(13)23-17/h4-5,7-8,15H,6,9-12H2,1-3H3,(H,21,26)(H,22,23)(H,24,28)/t15-/m0/s1. The van der Waals surface area contributed by atoms with Crippen LogP contribution in [0.25, 0.3) is 11.0 Å². The molecule has 1 fully saturated rings. The average molecular weight is 418 g/mol. The summed E-state index contributed by atoms with van der Waals surface area (Å²) in [6, 6.07) is 7.15. The molecular weight excluding hydrogens is 390 g/mol. The van der Waals surface area contributed by atoms with E-state index >= 15 is 0 Å². The molecule has 2 heterocycles. The van der Waals surface area contributed by atoms with E-state index in [1.807, 2.05) is 30.5 Å². The molecule has 0 radical (unpaired) electrons. The van der Waals surface area contributed by atoms with Crippen LogP contribution in [0.3, 0.4) is 0 Å². The lowest BCUT2D eigenvalue weighted by Crippen LogP contribution is -2.40. The van der Waals surface area contributed by atoms with Gasteiger partial charge in [-0.15, -0.1) is 0 Å². The van der Waals surface area contributed by atoms with Gasteiger partial charge in [-0.05, 0) is 50.8 Å². The Labute approximate surface area is 174 Å². The Balaban J connectivity index is 1.57. The molecule has 1 saturated heterocycles. The summed E-state index contributed by atoms with van der Waals surface area (Å²) in [5.74, 6) is 1.25. The van der Waals surface area contributed by atoms with Gasteiger partial charge in [-0.25, -0.2) is 9.78 Å². The monoisotopic (exact) mass is 417 g/mol. The molecular formula is C20H27N5O3S. The molecule has 0 aliphatic carbocycles. The summed E-state index contributed by atoms with van der Waals surface area (Å²) in [6.45, 7) is 3.56. The average Bonchev–Trinajstić information content (AvgIpc) is 3.18. The molecule has 156 valence electrons. The zero-order valence-electron chi connectivity index (χ0n) is 16.9. The third-order valence-corrected chi connectivity index (χ3v) is 5.56. The van der Waals surface area contributed by atoms with Gasteiger partial charge in [0.15, 0.2) is 0 Å². The molecule has 1 aliphatic heterocycles. The number of hydrogen-bond donors (Lipinski definition) is 3. The van der Waals surface area contributed by atoms with E-state index in [1.54, 1.807) is 25.6 Å². The number of imide groups is 1. The molecule has 4 amide bonds. The summed E-state index contributed by atoms with van der Waals surface area (Å²) < 4.78 is 0. The molecule has 0 bridgehead atoms. The summed E-state index contributed by atoms with van der Waals surface area (Å²) in [4.78, 5) is 45.7. The van der Waals surface area contributed by atoms with E-state index in [2.05, 4.69) is 20.6 Å². The van der Waals surface area contributed by atoms with Crippen LogP contribution in [-0.2, 0) is 9.59 Å². The third kappa shape index (κ3) is 4.90. The van der Waals surface area contributed by atoms with Crippen LogP contribution in [0.15, 0.2) is 24.3 Å². The van der Waals surface area contributed by atoms with Gasteiger partial charge in [0.2, 0.25) is 5.91 Å². The van der Waals surface area contributed by atoms with Crippen molar-refractivity contribution in [1.29, 1.82) is 0 Å². The first-order valence-electron chi connectivity index (χ1n) is 9.69. The van der Waals surface area contributed by atoms with Crippen LogP contribution in [0.2, 0.25) is 0 Å². The van der Waals surface area contributed by atoms with Crippen LogP contribution in [0.1, 0.15) is 45.0 Å². The van der Waals surface area contributed by atoms with Crippen molar-refractivity contribution in [2.45, 2.75) is 44.7 Å². The van der Waals surface area contributed by atoms with Crippen molar-refractivity contribution in [3.63, 3.8) is 0 Å². The summed E-state index contributed by atoms with van der Waals surface area (Å²) in [5, 5.41) is 5.69. The Kier molecular flexibility index (Phi) is 6.46. The van der Waals surface area contributed by atoms with Gasteiger partial charge >= 0.3 is 6.03 Å². The van der Waals surface area contributed by atoms with Crippen molar-refractivity contribution < 1.29 is 14.4 Å². The highest BCUT2D eigenvalue weighted by molar-refractivity contribution is 7.98. The number of amides is 4. The van der Waals surface area contributed by atoms with Crippen LogP contribution in [0.4, 0.5) is 4.79 Å². The van der Waals surface area contributed by atoms with Crippen molar-refractivity contribution in [3.8, 4) is 0 Å². The van der Waals surface area contributed by atoms with E-state index in [9.17, 15) is 14.4 Å². The number of carbonyl (C=O) groups is 3. The SMILES string of the molecule is CSCC[C@H](NC(=O)CCCN1C(=O)NC(C)(C)C1=O)c1nc2ccccc2[nH]1. The molecule has 3 rings (SSSR count). The molecule has 1 aromatic heterocycles. The lowest BCUT2D eigenvalue weighted by Gasteiger charge is -2.18. The number of nitrogens with one attached hydrogen (secondary N) is 3. The molecule has 1 aromatic carbocycles. The van der Waals surface area contributed by atoms with Gasteiger partial charge in [-0.2, -0.15) is 11.8 Å². The first kappa shape index (κ1) is 21.2. The van der Waals surface area contributed by atoms with Crippen molar-refractivity contribution in [3.05, 3.63) is 30.1 Å². The number of para-hydroxylation sites is 2. The number of hydrogen-bond acceptors (Lipinski definition) is 5. The van der Waals surface area contributed by atoms with Crippen molar-refractivity contribution in [2.75, 3.05) is 18.6 Å². The smallest absolute Gasteiger partial charge is 0.325 e. The number of rotatable bonds is 9. The number of aromatic nitrogens is 2. The summed E-state index contributed by atoms with van der Waals surface area (Å²) in [5.41, 5.74) is 0.919. The van der Waals surface area contributed by atoms with E-state index in [0.29, 0.717) is 6.42 Å². The minimum atomic E-state index is -0.885. The Morgan fingerprint density at radius 1 is 1.31 bits per heavy atom. The lowest BCUT2D eigenvalue weighted by molar-refractivity contribution is -0.130. The minimum absolute atomic E-state index is 0.122. The second kappa shape index (κ2) is 8.86. The molecule has 29 heavy (non-hydrogen) atoms. The number of thioether (sulfide) groups is 1. The van der Waals surface area contributed by atoms with E-state index < -0.39 is 11.6 Å². The Hall–Kier alpha value is -2.55. The second-order valence-electron chi connectivity index (χ2n) is 7.66. The zero-order chi connectivity index (χ0) is 21.0. The molecule has 1 aliphatic rings. The third-order valence-electron chi connectivity index (χ3n) is 4.91. The lowest BCUT2D eigenvalue weighted by atomic mass is 10.1. The van der Waals surface area contributed by atoms with Crippen molar-refractivity contribution >= 4 is 40.6 Å². The maximum atomic E-state index is 12.5.